The van der Waals surface area contributed by atoms with Crippen molar-refractivity contribution in [1.29, 1.82) is 0 Å². The van der Waals surface area contributed by atoms with Crippen molar-refractivity contribution in [1.82, 2.24) is 4.90 Å². The van der Waals surface area contributed by atoms with Crippen molar-refractivity contribution in [3.63, 3.8) is 0 Å². The topological polar surface area (TPSA) is 49.4 Å². The minimum atomic E-state index is -0.330. The molecule has 1 aliphatic carbocycles. The van der Waals surface area contributed by atoms with Crippen LogP contribution in [0.4, 0.5) is 5.69 Å². The molecule has 4 nitrogen and oxygen atoms in total. The van der Waals surface area contributed by atoms with E-state index in [1.54, 1.807) is 16.7 Å². The van der Waals surface area contributed by atoms with E-state index in [-0.39, 0.29) is 23.8 Å². The van der Waals surface area contributed by atoms with Crippen LogP contribution in [0.2, 0.25) is 0 Å². The number of thioether (sulfide) groups is 1. The molecule has 0 aromatic heterocycles. The quantitative estimate of drug-likeness (QED) is 0.933. The molecule has 2 aliphatic rings. The lowest BCUT2D eigenvalue weighted by Crippen LogP contribution is -2.45. The maximum absolute atomic E-state index is 12.5. The molecule has 1 unspecified atom stereocenters. The van der Waals surface area contributed by atoms with Gasteiger partial charge in [0, 0.05) is 17.4 Å². The number of carbonyl (C=O) groups is 2. The number of hydrogen-bond donors (Lipinski definition) is 1. The van der Waals surface area contributed by atoms with Gasteiger partial charge in [-0.05, 0) is 38.3 Å². The number of aryl methyl sites for hydroxylation is 2. The van der Waals surface area contributed by atoms with Gasteiger partial charge in [0.1, 0.15) is 6.04 Å². The monoisotopic (exact) mass is 304 g/mol. The minimum absolute atomic E-state index is 0.0686. The molecule has 0 radical (unpaired) electrons. The SMILES string of the molecule is Cc1ccc(NC(=O)C2CSCN2C(=O)C2CC2)c(C)c1. The predicted octanol–water partition coefficient (Wildman–Crippen LogP) is 2.55. The standard InChI is InChI=1S/C16H20N2O2S/c1-10-3-6-13(11(2)7-10)17-15(19)14-8-21-9-18(14)16(20)12-4-5-12/h3,6-7,12,14H,4-5,8-9H2,1-2H3,(H,17,19). The van der Waals surface area contributed by atoms with Crippen LogP contribution in [0.15, 0.2) is 18.2 Å². The first-order valence-corrected chi connectivity index (χ1v) is 8.48. The lowest BCUT2D eigenvalue weighted by atomic mass is 10.1. The van der Waals surface area contributed by atoms with Crippen LogP contribution >= 0.6 is 11.8 Å². The summed E-state index contributed by atoms with van der Waals surface area (Å²) in [7, 11) is 0. The fraction of sp³-hybridized carbons (Fsp3) is 0.500. The van der Waals surface area contributed by atoms with Gasteiger partial charge in [0.15, 0.2) is 0 Å². The smallest absolute Gasteiger partial charge is 0.248 e. The van der Waals surface area contributed by atoms with Crippen LogP contribution in [-0.4, -0.2) is 34.4 Å². The average Bonchev–Trinajstić information content (AvgIpc) is 3.18. The van der Waals surface area contributed by atoms with Crippen LogP contribution in [0.25, 0.3) is 0 Å². The first-order valence-electron chi connectivity index (χ1n) is 7.32. The Balaban J connectivity index is 1.70. The lowest BCUT2D eigenvalue weighted by Gasteiger charge is -2.23. The van der Waals surface area contributed by atoms with Crippen molar-refractivity contribution in [3.8, 4) is 0 Å². The largest absolute Gasteiger partial charge is 0.324 e. The molecule has 21 heavy (non-hydrogen) atoms. The molecule has 2 amide bonds. The van der Waals surface area contributed by atoms with Gasteiger partial charge in [-0.1, -0.05) is 17.7 Å². The molecule has 1 aliphatic heterocycles. The van der Waals surface area contributed by atoms with E-state index in [1.807, 2.05) is 32.0 Å². The Labute approximate surface area is 129 Å². The highest BCUT2D eigenvalue weighted by atomic mass is 32.2. The number of hydrogen-bond acceptors (Lipinski definition) is 3. The molecule has 2 fully saturated rings. The zero-order valence-electron chi connectivity index (χ0n) is 12.4. The Morgan fingerprint density at radius 3 is 2.71 bits per heavy atom. The lowest BCUT2D eigenvalue weighted by molar-refractivity contribution is -0.137. The number of carbonyl (C=O) groups excluding carboxylic acids is 2. The fourth-order valence-electron chi connectivity index (χ4n) is 2.61. The van der Waals surface area contributed by atoms with E-state index in [0.29, 0.717) is 11.6 Å². The predicted molar refractivity (Wildman–Crippen MR) is 85.2 cm³/mol. The summed E-state index contributed by atoms with van der Waals surface area (Å²) < 4.78 is 0. The van der Waals surface area contributed by atoms with E-state index in [4.69, 9.17) is 0 Å². The van der Waals surface area contributed by atoms with Crippen molar-refractivity contribution in [2.45, 2.75) is 32.7 Å². The number of nitrogens with one attached hydrogen (secondary N) is 1. The Hall–Kier alpha value is -1.49. The van der Waals surface area contributed by atoms with Gasteiger partial charge in [-0.25, -0.2) is 0 Å². The molecule has 5 heteroatoms. The molecule has 1 heterocycles. The molecular weight excluding hydrogens is 284 g/mol. The van der Waals surface area contributed by atoms with Crippen molar-refractivity contribution < 1.29 is 9.59 Å². The van der Waals surface area contributed by atoms with Gasteiger partial charge >= 0.3 is 0 Å². The summed E-state index contributed by atoms with van der Waals surface area (Å²) in [6.45, 7) is 4.02. The molecule has 1 saturated heterocycles. The summed E-state index contributed by atoms with van der Waals surface area (Å²) >= 11 is 1.65. The Morgan fingerprint density at radius 2 is 2.05 bits per heavy atom. The van der Waals surface area contributed by atoms with Gasteiger partial charge in [-0.2, -0.15) is 0 Å². The molecule has 1 aromatic carbocycles. The van der Waals surface area contributed by atoms with E-state index in [1.165, 1.54) is 5.56 Å². The molecular formula is C16H20N2O2S. The van der Waals surface area contributed by atoms with E-state index in [9.17, 15) is 9.59 Å². The normalized spacial score (nSPS) is 21.4. The minimum Gasteiger partial charge on any atom is -0.324 e. The van der Waals surface area contributed by atoms with Gasteiger partial charge in [-0.15, -0.1) is 11.8 Å². The summed E-state index contributed by atoms with van der Waals surface area (Å²) in [6, 6.07) is 5.63. The molecule has 0 bridgehead atoms. The van der Waals surface area contributed by atoms with Crippen LogP contribution in [0.3, 0.4) is 0 Å². The summed E-state index contributed by atoms with van der Waals surface area (Å²) in [4.78, 5) is 26.5. The number of rotatable bonds is 3. The molecule has 0 spiro atoms. The number of anilines is 1. The first-order chi connectivity index (χ1) is 10.1. The molecule has 3 rings (SSSR count). The highest BCUT2D eigenvalue weighted by Gasteiger charge is 2.41. The van der Waals surface area contributed by atoms with Crippen LogP contribution in [-0.2, 0) is 9.59 Å². The van der Waals surface area contributed by atoms with E-state index in [2.05, 4.69) is 5.32 Å². The third-order valence-corrected chi connectivity index (χ3v) is 5.05. The van der Waals surface area contributed by atoms with E-state index >= 15 is 0 Å². The Morgan fingerprint density at radius 1 is 1.29 bits per heavy atom. The highest BCUT2D eigenvalue weighted by Crippen LogP contribution is 2.34. The van der Waals surface area contributed by atoms with Crippen LogP contribution in [0.1, 0.15) is 24.0 Å². The fourth-order valence-corrected chi connectivity index (χ4v) is 3.78. The van der Waals surface area contributed by atoms with E-state index < -0.39 is 0 Å². The van der Waals surface area contributed by atoms with Crippen molar-refractivity contribution in [2.24, 2.45) is 5.92 Å². The van der Waals surface area contributed by atoms with Crippen LogP contribution < -0.4 is 5.32 Å². The third-order valence-electron chi connectivity index (χ3n) is 4.03. The number of benzene rings is 1. The average molecular weight is 304 g/mol. The maximum atomic E-state index is 12.5. The van der Waals surface area contributed by atoms with Gasteiger partial charge < -0.3 is 10.2 Å². The molecule has 112 valence electrons. The molecule has 1 saturated carbocycles. The van der Waals surface area contributed by atoms with Crippen molar-refractivity contribution in [2.75, 3.05) is 16.9 Å². The highest BCUT2D eigenvalue weighted by molar-refractivity contribution is 7.99. The first kappa shape index (κ1) is 14.4. The molecule has 1 N–H and O–H groups in total. The van der Waals surface area contributed by atoms with Gasteiger partial charge in [0.25, 0.3) is 0 Å². The summed E-state index contributed by atoms with van der Waals surface area (Å²) in [5.74, 6) is 1.58. The number of nitrogens with zero attached hydrogens (tertiary/aromatic N) is 1. The Bertz CT molecular complexity index is 584. The molecule has 1 atom stereocenters. The van der Waals surface area contributed by atoms with Crippen LogP contribution in [0, 0.1) is 19.8 Å². The Kier molecular flexibility index (Phi) is 3.93. The summed E-state index contributed by atoms with van der Waals surface area (Å²) in [5, 5.41) is 2.98. The van der Waals surface area contributed by atoms with Crippen molar-refractivity contribution >= 4 is 29.3 Å². The zero-order valence-corrected chi connectivity index (χ0v) is 13.2. The van der Waals surface area contributed by atoms with Crippen molar-refractivity contribution in [3.05, 3.63) is 29.3 Å². The second kappa shape index (κ2) is 5.72. The van der Waals surface area contributed by atoms with Crippen LogP contribution in [0.5, 0.6) is 0 Å². The van der Waals surface area contributed by atoms with Gasteiger partial charge in [-0.3, -0.25) is 9.59 Å². The molecule has 1 aromatic rings. The second-order valence-electron chi connectivity index (χ2n) is 5.91. The maximum Gasteiger partial charge on any atom is 0.248 e. The van der Waals surface area contributed by atoms with Gasteiger partial charge in [0.05, 0.1) is 5.88 Å². The second-order valence-corrected chi connectivity index (χ2v) is 6.91. The van der Waals surface area contributed by atoms with E-state index in [0.717, 1.165) is 24.1 Å². The third kappa shape index (κ3) is 3.07. The number of amides is 2. The summed E-state index contributed by atoms with van der Waals surface area (Å²) in [6.07, 6.45) is 1.96. The summed E-state index contributed by atoms with van der Waals surface area (Å²) in [5.41, 5.74) is 3.06. The zero-order chi connectivity index (χ0) is 15.0. The van der Waals surface area contributed by atoms with Gasteiger partial charge in [0.2, 0.25) is 11.8 Å².